The average Bonchev–Trinajstić information content (AvgIpc) is 1.98. The molecule has 0 spiro atoms. The van der Waals surface area contributed by atoms with E-state index in [1.165, 1.54) is 0 Å². The molecule has 0 rings (SSSR count). The van der Waals surface area contributed by atoms with Crippen LogP contribution in [0.4, 0.5) is 0 Å². The van der Waals surface area contributed by atoms with Crippen molar-refractivity contribution in [3.63, 3.8) is 0 Å². The van der Waals surface area contributed by atoms with E-state index in [2.05, 4.69) is 11.7 Å². The highest BCUT2D eigenvalue weighted by Gasteiger charge is 1.96. The van der Waals surface area contributed by atoms with Gasteiger partial charge in [-0.15, -0.1) is 12.2 Å². The van der Waals surface area contributed by atoms with Gasteiger partial charge in [0.25, 0.3) is 0 Å². The average molecular weight is 150 g/mol. The molecule has 1 unspecified atom stereocenters. The van der Waals surface area contributed by atoms with Gasteiger partial charge in [-0.1, -0.05) is 5.92 Å². The van der Waals surface area contributed by atoms with Crippen molar-refractivity contribution >= 4 is 0 Å². The third kappa shape index (κ3) is 5.48. The molecule has 0 fully saturated rings. The van der Waals surface area contributed by atoms with Gasteiger partial charge in [0, 0.05) is 13.5 Å². The highest BCUT2D eigenvalue weighted by Crippen LogP contribution is 1.96. The van der Waals surface area contributed by atoms with Crippen molar-refractivity contribution < 1.29 is 4.74 Å². The maximum atomic E-state index is 5.17. The first kappa shape index (κ1) is 10.0. The third-order valence-electron chi connectivity index (χ3n) is 1.19. The van der Waals surface area contributed by atoms with Gasteiger partial charge in [0.05, 0.1) is 0 Å². The number of methoxy groups -OCH3 is 1. The Balaban J connectivity index is 3.88. The van der Waals surface area contributed by atoms with E-state index < -0.39 is 0 Å². The summed E-state index contributed by atoms with van der Waals surface area (Å²) in [5.74, 6) is 2.52. The Kier molecular flexibility index (Phi) is 5.29. The molecule has 1 atom stereocenters. The Hall–Kier alpha value is -0.960. The van der Waals surface area contributed by atoms with Gasteiger partial charge in [-0.05, 0) is 25.5 Å². The third-order valence-corrected chi connectivity index (χ3v) is 1.19. The summed E-state index contributed by atoms with van der Waals surface area (Å²) in [4.78, 5) is 0. The first-order chi connectivity index (χ1) is 5.20. The molecular weight excluding hydrogens is 136 g/mol. The van der Waals surface area contributed by atoms with Gasteiger partial charge in [-0.3, -0.25) is 0 Å². The first-order valence-electron chi connectivity index (χ1n) is 3.58. The maximum Gasteiger partial charge on any atom is 0.121 e. The van der Waals surface area contributed by atoms with E-state index >= 15 is 0 Å². The molecule has 0 aromatic rings. The summed E-state index contributed by atoms with van der Waals surface area (Å²) in [5, 5.41) is 0. The molecule has 1 nitrogen and oxygen atoms in total. The maximum absolute atomic E-state index is 5.17. The first-order valence-corrected chi connectivity index (χ1v) is 3.58. The van der Waals surface area contributed by atoms with Crippen LogP contribution in [0.25, 0.3) is 0 Å². The largest absolute Gasteiger partial charge is 0.368 e. The van der Waals surface area contributed by atoms with Crippen LogP contribution < -0.4 is 0 Å². The molecule has 60 valence electrons. The zero-order chi connectivity index (χ0) is 8.69. The zero-order valence-corrected chi connectivity index (χ0v) is 7.35. The minimum Gasteiger partial charge on any atom is -0.368 e. The molecule has 0 aliphatic carbocycles. The van der Waals surface area contributed by atoms with Crippen LogP contribution >= 0.6 is 0 Å². The zero-order valence-electron chi connectivity index (χ0n) is 7.35. The van der Waals surface area contributed by atoms with E-state index in [0.29, 0.717) is 0 Å². The molecule has 0 amide bonds. The number of hydrogen-bond donors (Lipinski definition) is 0. The van der Waals surface area contributed by atoms with Gasteiger partial charge < -0.3 is 4.74 Å². The van der Waals surface area contributed by atoms with E-state index in [9.17, 15) is 0 Å². The van der Waals surface area contributed by atoms with Crippen LogP contribution in [0, 0.1) is 12.3 Å². The van der Waals surface area contributed by atoms with E-state index in [4.69, 9.17) is 11.2 Å². The summed E-state index contributed by atoms with van der Waals surface area (Å²) in [5.41, 5.74) is 4.21. The predicted octanol–water partition coefficient (Wildman–Crippen LogP) is 2.15. The van der Waals surface area contributed by atoms with E-state index in [-0.39, 0.29) is 6.10 Å². The van der Waals surface area contributed by atoms with E-state index in [1.54, 1.807) is 7.11 Å². The molecular formula is C10H14O. The van der Waals surface area contributed by atoms with Crippen LogP contribution in [0.1, 0.15) is 20.3 Å². The fraction of sp³-hybridized carbons (Fsp3) is 0.500. The van der Waals surface area contributed by atoms with Gasteiger partial charge >= 0.3 is 0 Å². The second kappa shape index (κ2) is 5.80. The van der Waals surface area contributed by atoms with Gasteiger partial charge in [0.2, 0.25) is 0 Å². The lowest BCUT2D eigenvalue weighted by molar-refractivity contribution is 0.151. The normalized spacial score (nSPS) is 11.1. The Morgan fingerprint density at radius 1 is 1.64 bits per heavy atom. The monoisotopic (exact) mass is 150 g/mol. The molecule has 0 aliphatic heterocycles. The van der Waals surface area contributed by atoms with Crippen molar-refractivity contribution in [3.05, 3.63) is 17.4 Å². The number of hydrogen-bond acceptors (Lipinski definition) is 1. The summed E-state index contributed by atoms with van der Waals surface area (Å²) in [6.45, 7) is 3.99. The molecule has 0 bridgehead atoms. The molecule has 0 aliphatic rings. The van der Waals surface area contributed by atoms with Crippen molar-refractivity contribution in [2.45, 2.75) is 26.4 Å². The van der Waals surface area contributed by atoms with E-state index in [1.807, 2.05) is 19.9 Å². The van der Waals surface area contributed by atoms with Gasteiger partial charge in [-0.2, -0.15) is 0 Å². The van der Waals surface area contributed by atoms with Crippen molar-refractivity contribution in [3.8, 4) is 12.3 Å². The Labute approximate surface area is 68.8 Å². The van der Waals surface area contributed by atoms with Crippen molar-refractivity contribution in [1.29, 1.82) is 0 Å². The van der Waals surface area contributed by atoms with Gasteiger partial charge in [0.1, 0.15) is 6.10 Å². The Bertz CT molecular complexity index is 197. The minimum atomic E-state index is -0.109. The summed E-state index contributed by atoms with van der Waals surface area (Å²) in [7, 11) is 1.61. The fourth-order valence-electron chi connectivity index (χ4n) is 0.602. The topological polar surface area (TPSA) is 9.23 Å². The van der Waals surface area contributed by atoms with Gasteiger partial charge in [0.15, 0.2) is 0 Å². The van der Waals surface area contributed by atoms with Crippen molar-refractivity contribution in [1.82, 2.24) is 0 Å². The minimum absolute atomic E-state index is 0.109. The van der Waals surface area contributed by atoms with Crippen molar-refractivity contribution in [2.24, 2.45) is 0 Å². The smallest absolute Gasteiger partial charge is 0.121 e. The van der Waals surface area contributed by atoms with Crippen LogP contribution in [-0.2, 0) is 4.74 Å². The fourth-order valence-corrected chi connectivity index (χ4v) is 0.602. The SMILES string of the molecule is C#CC(CC=C=C(C)C)OC. The van der Waals surface area contributed by atoms with E-state index in [0.717, 1.165) is 12.0 Å². The van der Waals surface area contributed by atoms with Gasteiger partial charge in [-0.25, -0.2) is 0 Å². The molecule has 0 saturated heterocycles. The molecule has 0 saturated carbocycles. The molecule has 1 heteroatoms. The predicted molar refractivity (Wildman–Crippen MR) is 47.2 cm³/mol. The lowest BCUT2D eigenvalue weighted by Gasteiger charge is -2.02. The Morgan fingerprint density at radius 2 is 2.27 bits per heavy atom. The summed E-state index contributed by atoms with van der Waals surface area (Å²) >= 11 is 0. The standard InChI is InChI=1S/C10H14O/c1-5-10(11-4)8-6-7-9(2)3/h1,6,10H,8H2,2-4H3. The van der Waals surface area contributed by atoms with Crippen molar-refractivity contribution in [2.75, 3.05) is 7.11 Å². The molecule has 0 aromatic carbocycles. The molecule has 0 aromatic heterocycles. The van der Waals surface area contributed by atoms with Crippen LogP contribution in [0.5, 0.6) is 0 Å². The molecule has 0 heterocycles. The summed E-state index contributed by atoms with van der Waals surface area (Å²) in [6.07, 6.45) is 7.70. The molecule has 0 N–H and O–H groups in total. The Morgan fingerprint density at radius 3 is 2.64 bits per heavy atom. The summed E-state index contributed by atoms with van der Waals surface area (Å²) in [6, 6.07) is 0. The number of terminal acetylenes is 1. The lowest BCUT2D eigenvalue weighted by Crippen LogP contribution is -2.04. The quantitative estimate of drug-likeness (QED) is 0.442. The van der Waals surface area contributed by atoms with Crippen LogP contribution in [0.3, 0.4) is 0 Å². The highest BCUT2D eigenvalue weighted by atomic mass is 16.5. The molecule has 11 heavy (non-hydrogen) atoms. The van der Waals surface area contributed by atoms with Crippen LogP contribution in [-0.4, -0.2) is 13.2 Å². The van der Waals surface area contributed by atoms with Crippen LogP contribution in [0.2, 0.25) is 0 Å². The highest BCUT2D eigenvalue weighted by molar-refractivity contribution is 5.01. The summed E-state index contributed by atoms with van der Waals surface area (Å²) < 4.78 is 4.96. The number of rotatable bonds is 3. The number of ether oxygens (including phenoxy) is 1. The van der Waals surface area contributed by atoms with Crippen LogP contribution in [0.15, 0.2) is 17.4 Å². The molecule has 0 radical (unpaired) electrons. The lowest BCUT2D eigenvalue weighted by atomic mass is 10.2. The second-order valence-corrected chi connectivity index (χ2v) is 2.48. The second-order valence-electron chi connectivity index (χ2n) is 2.48.